The minimum atomic E-state index is -1.87. The molecule has 2 aromatic rings. The number of carbonyl (C=O) groups is 1. The van der Waals surface area contributed by atoms with Crippen LogP contribution in [0.5, 0.6) is 28.7 Å². The van der Waals surface area contributed by atoms with Gasteiger partial charge >= 0.3 is 0 Å². The van der Waals surface area contributed by atoms with E-state index in [1.165, 1.54) is 0 Å². The number of ketones is 1. The number of hydrogen-bond donors (Lipinski definition) is 1. The zero-order valence-corrected chi connectivity index (χ0v) is 15.7. The first kappa shape index (κ1) is 16.7. The Hall–Kier alpha value is -3.19. The standard InChI is InChI=1S/C22H18O7/c1-10(2)15-5-12-14(28-15)4-3-11-20(12)29-19-8-25-16-7-18-17(26-9-27-18)6-13(16)22(19,24)21(11)23/h3-4,6-7,15,19,24H,1,5,8-9H2,2H3. The van der Waals surface area contributed by atoms with Crippen LogP contribution in [-0.2, 0) is 12.0 Å². The number of ether oxygens (including phenoxy) is 5. The fraction of sp³-hybridized carbons (Fsp3) is 0.318. The molecule has 4 aliphatic heterocycles. The summed E-state index contributed by atoms with van der Waals surface area (Å²) in [5, 5.41) is 11.6. The summed E-state index contributed by atoms with van der Waals surface area (Å²) in [5.74, 6) is 2.09. The average Bonchev–Trinajstić information content (AvgIpc) is 3.34. The lowest BCUT2D eigenvalue weighted by molar-refractivity contribution is -0.0801. The molecule has 0 radical (unpaired) electrons. The lowest BCUT2D eigenvalue weighted by atomic mass is 9.77. The van der Waals surface area contributed by atoms with E-state index in [2.05, 4.69) is 6.58 Å². The van der Waals surface area contributed by atoms with Crippen molar-refractivity contribution in [1.82, 2.24) is 0 Å². The molecule has 7 nitrogen and oxygen atoms in total. The van der Waals surface area contributed by atoms with Crippen molar-refractivity contribution in [2.24, 2.45) is 0 Å². The molecule has 0 aliphatic carbocycles. The normalized spacial score (nSPS) is 27.6. The molecule has 3 atom stereocenters. The van der Waals surface area contributed by atoms with E-state index < -0.39 is 17.5 Å². The van der Waals surface area contributed by atoms with E-state index in [4.69, 9.17) is 23.7 Å². The van der Waals surface area contributed by atoms with Crippen LogP contribution in [0.4, 0.5) is 0 Å². The number of hydrogen-bond acceptors (Lipinski definition) is 7. The van der Waals surface area contributed by atoms with Crippen LogP contribution in [0.15, 0.2) is 36.4 Å². The molecule has 0 saturated heterocycles. The van der Waals surface area contributed by atoms with E-state index in [1.807, 2.05) is 6.92 Å². The van der Waals surface area contributed by atoms with Crippen molar-refractivity contribution >= 4 is 5.78 Å². The van der Waals surface area contributed by atoms with Crippen molar-refractivity contribution in [1.29, 1.82) is 0 Å². The number of Topliss-reactive ketones (excluding diaryl/α,β-unsaturated/α-hetero) is 1. The lowest BCUT2D eigenvalue weighted by Crippen LogP contribution is -2.57. The third kappa shape index (κ3) is 2.08. The molecule has 0 spiro atoms. The first-order valence-corrected chi connectivity index (χ1v) is 9.45. The largest absolute Gasteiger partial charge is 0.489 e. The predicted octanol–water partition coefficient (Wildman–Crippen LogP) is 2.52. The summed E-state index contributed by atoms with van der Waals surface area (Å²) in [4.78, 5) is 13.5. The lowest BCUT2D eigenvalue weighted by Gasteiger charge is -2.43. The highest BCUT2D eigenvalue weighted by atomic mass is 16.7. The Labute approximate surface area is 166 Å². The molecular weight excluding hydrogens is 376 g/mol. The van der Waals surface area contributed by atoms with Crippen molar-refractivity contribution in [3.05, 3.63) is 53.1 Å². The van der Waals surface area contributed by atoms with Gasteiger partial charge in [-0.05, 0) is 30.7 Å². The van der Waals surface area contributed by atoms with Gasteiger partial charge in [-0.2, -0.15) is 0 Å². The second-order valence-electron chi connectivity index (χ2n) is 7.79. The van der Waals surface area contributed by atoms with Crippen LogP contribution in [0, 0.1) is 0 Å². The Morgan fingerprint density at radius 3 is 2.69 bits per heavy atom. The van der Waals surface area contributed by atoms with Gasteiger partial charge in [-0.3, -0.25) is 4.79 Å². The third-order valence-electron chi connectivity index (χ3n) is 6.02. The molecular formula is C22H18O7. The van der Waals surface area contributed by atoms with Gasteiger partial charge in [0.15, 0.2) is 23.2 Å². The quantitative estimate of drug-likeness (QED) is 0.744. The molecule has 1 N–H and O–H groups in total. The van der Waals surface area contributed by atoms with E-state index in [-0.39, 0.29) is 19.5 Å². The van der Waals surface area contributed by atoms with Crippen molar-refractivity contribution in [2.45, 2.75) is 31.2 Å². The van der Waals surface area contributed by atoms with E-state index in [0.717, 1.165) is 11.1 Å². The van der Waals surface area contributed by atoms with E-state index >= 15 is 0 Å². The number of carbonyl (C=O) groups excluding carboxylic acids is 1. The van der Waals surface area contributed by atoms with Crippen molar-refractivity contribution in [3.63, 3.8) is 0 Å². The van der Waals surface area contributed by atoms with Crippen molar-refractivity contribution in [2.75, 3.05) is 13.4 Å². The minimum absolute atomic E-state index is 0.0305. The Morgan fingerprint density at radius 2 is 1.90 bits per heavy atom. The molecule has 3 unspecified atom stereocenters. The number of benzene rings is 2. The first-order valence-electron chi connectivity index (χ1n) is 9.45. The van der Waals surface area contributed by atoms with Crippen LogP contribution in [0.2, 0.25) is 0 Å². The molecule has 29 heavy (non-hydrogen) atoms. The van der Waals surface area contributed by atoms with Crippen LogP contribution in [-0.4, -0.2) is 36.5 Å². The molecule has 0 fully saturated rings. The third-order valence-corrected chi connectivity index (χ3v) is 6.02. The van der Waals surface area contributed by atoms with Gasteiger partial charge in [-0.1, -0.05) is 6.58 Å². The predicted molar refractivity (Wildman–Crippen MR) is 100 cm³/mol. The summed E-state index contributed by atoms with van der Waals surface area (Å²) in [5.41, 5.74) is 0.509. The SMILES string of the molecule is C=C(C)C1Cc2c(ccc3c2OC2COc4cc5c(cc4C2(O)C3=O)OCO5)O1. The fourth-order valence-electron chi connectivity index (χ4n) is 4.42. The van der Waals surface area contributed by atoms with E-state index in [0.29, 0.717) is 46.3 Å². The zero-order chi connectivity index (χ0) is 19.9. The van der Waals surface area contributed by atoms with Gasteiger partial charge in [0.05, 0.1) is 5.56 Å². The van der Waals surface area contributed by atoms with Gasteiger partial charge in [0.25, 0.3) is 0 Å². The topological polar surface area (TPSA) is 83.5 Å². The van der Waals surface area contributed by atoms with Gasteiger partial charge < -0.3 is 28.8 Å². The summed E-state index contributed by atoms with van der Waals surface area (Å²) in [7, 11) is 0. The maximum atomic E-state index is 13.5. The number of fused-ring (bicyclic) bond motifs is 7. The Kier molecular flexibility index (Phi) is 3.14. The highest BCUT2D eigenvalue weighted by molar-refractivity contribution is 6.07. The number of rotatable bonds is 1. The molecule has 0 amide bonds. The minimum Gasteiger partial charge on any atom is -0.489 e. The smallest absolute Gasteiger partial charge is 0.231 e. The second-order valence-corrected chi connectivity index (χ2v) is 7.79. The van der Waals surface area contributed by atoms with E-state index in [1.54, 1.807) is 24.3 Å². The molecule has 7 heteroatoms. The van der Waals surface area contributed by atoms with Crippen molar-refractivity contribution in [3.8, 4) is 28.7 Å². The molecule has 0 bridgehead atoms. The van der Waals surface area contributed by atoms with E-state index in [9.17, 15) is 9.90 Å². The summed E-state index contributed by atoms with van der Waals surface area (Å²) in [6.07, 6.45) is -0.465. The summed E-state index contributed by atoms with van der Waals surface area (Å²) in [6.45, 7) is 5.99. The molecule has 148 valence electrons. The second kappa shape index (κ2) is 5.45. The molecule has 4 heterocycles. The van der Waals surface area contributed by atoms with Gasteiger partial charge in [0, 0.05) is 23.6 Å². The van der Waals surface area contributed by atoms with Crippen LogP contribution < -0.4 is 23.7 Å². The van der Waals surface area contributed by atoms with Gasteiger partial charge in [-0.25, -0.2) is 0 Å². The van der Waals surface area contributed by atoms with Gasteiger partial charge in [0.2, 0.25) is 12.6 Å². The summed E-state index contributed by atoms with van der Waals surface area (Å²) < 4.78 is 28.7. The molecule has 4 aliphatic rings. The van der Waals surface area contributed by atoms with Crippen LogP contribution >= 0.6 is 0 Å². The molecule has 0 saturated carbocycles. The van der Waals surface area contributed by atoms with Crippen LogP contribution in [0.3, 0.4) is 0 Å². The first-order chi connectivity index (χ1) is 14.0. The highest BCUT2D eigenvalue weighted by Crippen LogP contribution is 2.52. The number of aliphatic hydroxyl groups is 1. The Bertz CT molecular complexity index is 1100. The maximum absolute atomic E-state index is 13.5. The van der Waals surface area contributed by atoms with Crippen LogP contribution in [0.25, 0.3) is 0 Å². The summed E-state index contributed by atoms with van der Waals surface area (Å²) >= 11 is 0. The van der Waals surface area contributed by atoms with Gasteiger partial charge in [-0.15, -0.1) is 0 Å². The molecule has 2 aromatic carbocycles. The molecule has 0 aromatic heterocycles. The zero-order valence-electron chi connectivity index (χ0n) is 15.7. The maximum Gasteiger partial charge on any atom is 0.231 e. The Morgan fingerprint density at radius 1 is 1.10 bits per heavy atom. The monoisotopic (exact) mass is 394 g/mol. The van der Waals surface area contributed by atoms with Crippen molar-refractivity contribution < 1.29 is 33.6 Å². The summed E-state index contributed by atoms with van der Waals surface area (Å²) in [6, 6.07) is 6.64. The molecule has 6 rings (SSSR count). The Balaban J connectivity index is 1.48. The van der Waals surface area contributed by atoms with Gasteiger partial charge in [0.1, 0.15) is 30.0 Å². The highest BCUT2D eigenvalue weighted by Gasteiger charge is 2.57. The fourth-order valence-corrected chi connectivity index (χ4v) is 4.42. The van der Waals surface area contributed by atoms with Crippen LogP contribution in [0.1, 0.15) is 28.4 Å². The average molecular weight is 394 g/mol.